The highest BCUT2D eigenvalue weighted by atomic mass is 35.5. The number of piperazine rings is 1. The Morgan fingerprint density at radius 1 is 1.37 bits per heavy atom. The van der Waals surface area contributed by atoms with Gasteiger partial charge in [-0.25, -0.2) is 4.98 Å². The smallest absolute Gasteiger partial charge is 0.195 e. The largest absolute Gasteiger partial charge is 0.439 e. The van der Waals surface area contributed by atoms with Gasteiger partial charge in [0.15, 0.2) is 11.5 Å². The summed E-state index contributed by atoms with van der Waals surface area (Å²) >= 11 is 6.32. The molecular formula is C14H18ClN3O. The first-order valence-electron chi connectivity index (χ1n) is 6.82. The fourth-order valence-corrected chi connectivity index (χ4v) is 2.70. The molecule has 5 heteroatoms. The standard InChI is InChI=1S/C14H18ClN3O/c1-2-3-13-17-12-9-10(8-11(15)14(12)19-13)18-6-4-16-5-7-18/h8-9,16H,2-7H2,1H3. The van der Waals surface area contributed by atoms with Crippen molar-refractivity contribution in [2.75, 3.05) is 31.1 Å². The molecule has 0 amide bonds. The number of hydrogen-bond donors (Lipinski definition) is 1. The van der Waals surface area contributed by atoms with Crippen LogP contribution < -0.4 is 10.2 Å². The van der Waals surface area contributed by atoms with Gasteiger partial charge >= 0.3 is 0 Å². The van der Waals surface area contributed by atoms with E-state index in [1.54, 1.807) is 0 Å². The van der Waals surface area contributed by atoms with E-state index in [9.17, 15) is 0 Å². The Kier molecular flexibility index (Phi) is 3.62. The molecule has 0 bridgehead atoms. The Hall–Kier alpha value is -1.26. The number of nitrogens with one attached hydrogen (secondary N) is 1. The van der Waals surface area contributed by atoms with Crippen molar-refractivity contribution >= 4 is 28.4 Å². The normalized spacial score (nSPS) is 16.2. The number of fused-ring (bicyclic) bond motifs is 1. The number of aromatic nitrogens is 1. The third-order valence-electron chi connectivity index (χ3n) is 3.42. The maximum atomic E-state index is 6.32. The number of anilines is 1. The average molecular weight is 280 g/mol. The molecule has 2 heterocycles. The van der Waals surface area contributed by atoms with Crippen LogP contribution in [0, 0.1) is 0 Å². The summed E-state index contributed by atoms with van der Waals surface area (Å²) in [5.41, 5.74) is 2.71. The summed E-state index contributed by atoms with van der Waals surface area (Å²) in [6.07, 6.45) is 1.88. The maximum Gasteiger partial charge on any atom is 0.195 e. The van der Waals surface area contributed by atoms with Crippen molar-refractivity contribution in [3.63, 3.8) is 0 Å². The van der Waals surface area contributed by atoms with Crippen LogP contribution in [0.4, 0.5) is 5.69 Å². The van der Waals surface area contributed by atoms with E-state index in [1.807, 2.05) is 6.07 Å². The van der Waals surface area contributed by atoms with Gasteiger partial charge in [0, 0.05) is 38.3 Å². The second-order valence-corrected chi connectivity index (χ2v) is 5.28. The van der Waals surface area contributed by atoms with Gasteiger partial charge in [0.1, 0.15) is 5.52 Å². The van der Waals surface area contributed by atoms with E-state index in [2.05, 4.69) is 28.2 Å². The SMILES string of the molecule is CCCc1nc2cc(N3CCNCC3)cc(Cl)c2o1. The molecule has 3 rings (SSSR count). The van der Waals surface area contributed by atoms with Crippen LogP contribution in [-0.2, 0) is 6.42 Å². The first-order valence-corrected chi connectivity index (χ1v) is 7.20. The van der Waals surface area contributed by atoms with Crippen LogP contribution in [0.15, 0.2) is 16.5 Å². The van der Waals surface area contributed by atoms with Crippen LogP contribution in [0.25, 0.3) is 11.1 Å². The summed E-state index contributed by atoms with van der Waals surface area (Å²) in [5.74, 6) is 0.775. The lowest BCUT2D eigenvalue weighted by Gasteiger charge is -2.29. The third-order valence-corrected chi connectivity index (χ3v) is 3.70. The van der Waals surface area contributed by atoms with Crippen molar-refractivity contribution in [2.45, 2.75) is 19.8 Å². The van der Waals surface area contributed by atoms with Gasteiger partial charge in [-0.05, 0) is 18.6 Å². The summed E-state index contributed by atoms with van der Waals surface area (Å²) in [6.45, 7) is 6.14. The maximum absolute atomic E-state index is 6.32. The number of benzene rings is 1. The Morgan fingerprint density at radius 2 is 2.16 bits per heavy atom. The second-order valence-electron chi connectivity index (χ2n) is 4.87. The molecule has 0 saturated carbocycles. The first-order chi connectivity index (χ1) is 9.28. The zero-order valence-electron chi connectivity index (χ0n) is 11.1. The predicted molar refractivity (Wildman–Crippen MR) is 78.1 cm³/mol. The van der Waals surface area contributed by atoms with Gasteiger partial charge in [-0.15, -0.1) is 0 Å². The zero-order valence-corrected chi connectivity index (χ0v) is 11.8. The molecule has 19 heavy (non-hydrogen) atoms. The van der Waals surface area contributed by atoms with Crippen molar-refractivity contribution < 1.29 is 4.42 Å². The summed E-state index contributed by atoms with van der Waals surface area (Å²) in [6, 6.07) is 4.06. The molecule has 1 aromatic heterocycles. The topological polar surface area (TPSA) is 41.3 Å². The van der Waals surface area contributed by atoms with Crippen molar-refractivity contribution in [1.29, 1.82) is 0 Å². The summed E-state index contributed by atoms with van der Waals surface area (Å²) in [5, 5.41) is 4.00. The van der Waals surface area contributed by atoms with Crippen molar-refractivity contribution in [2.24, 2.45) is 0 Å². The second kappa shape index (κ2) is 5.39. The van der Waals surface area contributed by atoms with E-state index in [1.165, 1.54) is 0 Å². The van der Waals surface area contributed by atoms with Gasteiger partial charge in [0.05, 0.1) is 5.02 Å². The Morgan fingerprint density at radius 3 is 2.89 bits per heavy atom. The Bertz CT molecular complexity index is 575. The number of nitrogens with zero attached hydrogens (tertiary/aromatic N) is 2. The fraction of sp³-hybridized carbons (Fsp3) is 0.500. The summed E-state index contributed by atoms with van der Waals surface area (Å²) < 4.78 is 5.71. The predicted octanol–water partition coefficient (Wildman–Crippen LogP) is 2.84. The van der Waals surface area contributed by atoms with Crippen LogP contribution in [0.2, 0.25) is 5.02 Å². The third kappa shape index (κ3) is 2.55. The fourth-order valence-electron chi connectivity index (χ4n) is 2.45. The van der Waals surface area contributed by atoms with Crippen LogP contribution in [0.3, 0.4) is 0 Å². The van der Waals surface area contributed by atoms with Crippen LogP contribution >= 0.6 is 11.6 Å². The number of hydrogen-bond acceptors (Lipinski definition) is 4. The molecule has 1 fully saturated rings. The van der Waals surface area contributed by atoms with E-state index >= 15 is 0 Å². The molecule has 0 spiro atoms. The van der Waals surface area contributed by atoms with E-state index < -0.39 is 0 Å². The van der Waals surface area contributed by atoms with Gasteiger partial charge in [0.2, 0.25) is 0 Å². The van der Waals surface area contributed by atoms with Crippen molar-refractivity contribution in [1.82, 2.24) is 10.3 Å². The molecule has 1 aliphatic heterocycles. The van der Waals surface area contributed by atoms with Gasteiger partial charge < -0.3 is 14.6 Å². The lowest BCUT2D eigenvalue weighted by atomic mass is 10.2. The molecule has 0 aliphatic carbocycles. The van der Waals surface area contributed by atoms with E-state index in [-0.39, 0.29) is 0 Å². The molecule has 0 atom stereocenters. The molecule has 2 aromatic rings. The average Bonchev–Trinajstić information content (AvgIpc) is 2.83. The van der Waals surface area contributed by atoms with E-state index in [0.717, 1.165) is 56.1 Å². The number of oxazole rings is 1. The lowest BCUT2D eigenvalue weighted by molar-refractivity contribution is 0.525. The highest BCUT2D eigenvalue weighted by Crippen LogP contribution is 2.30. The Balaban J connectivity index is 1.97. The highest BCUT2D eigenvalue weighted by Gasteiger charge is 2.15. The molecule has 4 nitrogen and oxygen atoms in total. The molecule has 0 unspecified atom stereocenters. The van der Waals surface area contributed by atoms with Crippen LogP contribution in [0.1, 0.15) is 19.2 Å². The minimum atomic E-state index is 0.654. The number of rotatable bonds is 3. The minimum absolute atomic E-state index is 0.654. The van der Waals surface area contributed by atoms with Gasteiger partial charge in [-0.1, -0.05) is 18.5 Å². The molecule has 1 saturated heterocycles. The van der Waals surface area contributed by atoms with Gasteiger partial charge in [0.25, 0.3) is 0 Å². The van der Waals surface area contributed by atoms with Crippen molar-refractivity contribution in [3.05, 3.63) is 23.0 Å². The minimum Gasteiger partial charge on any atom is -0.439 e. The molecule has 1 aliphatic rings. The van der Waals surface area contributed by atoms with E-state index in [4.69, 9.17) is 16.0 Å². The number of halogens is 1. The molecule has 1 N–H and O–H groups in total. The zero-order chi connectivity index (χ0) is 13.2. The molecular weight excluding hydrogens is 262 g/mol. The quantitative estimate of drug-likeness (QED) is 0.938. The lowest BCUT2D eigenvalue weighted by Crippen LogP contribution is -2.43. The molecule has 102 valence electrons. The van der Waals surface area contributed by atoms with Crippen molar-refractivity contribution in [3.8, 4) is 0 Å². The van der Waals surface area contributed by atoms with Gasteiger partial charge in [-0.3, -0.25) is 0 Å². The molecule has 1 aromatic carbocycles. The van der Waals surface area contributed by atoms with Gasteiger partial charge in [-0.2, -0.15) is 0 Å². The summed E-state index contributed by atoms with van der Waals surface area (Å²) in [4.78, 5) is 6.85. The monoisotopic (exact) mass is 279 g/mol. The highest BCUT2D eigenvalue weighted by molar-refractivity contribution is 6.35. The molecule has 0 radical (unpaired) electrons. The first kappa shape index (κ1) is 12.8. The Labute approximate surface area is 117 Å². The van der Waals surface area contributed by atoms with Crippen LogP contribution in [0.5, 0.6) is 0 Å². The number of aryl methyl sites for hydroxylation is 1. The van der Waals surface area contributed by atoms with E-state index in [0.29, 0.717) is 10.6 Å². The van der Waals surface area contributed by atoms with Crippen LogP contribution in [-0.4, -0.2) is 31.2 Å². The summed E-state index contributed by atoms with van der Waals surface area (Å²) in [7, 11) is 0.